The molecule has 0 radical (unpaired) electrons. The molecule has 0 heterocycles. The summed E-state index contributed by atoms with van der Waals surface area (Å²) in [5.41, 5.74) is 7.77. The monoisotopic (exact) mass is 233 g/mol. The van der Waals surface area contributed by atoms with Gasteiger partial charge in [0.25, 0.3) is 0 Å². The molecule has 2 heteroatoms. The van der Waals surface area contributed by atoms with Crippen LogP contribution in [-0.2, 0) is 17.8 Å². The first-order valence-corrected chi connectivity index (χ1v) is 6.56. The minimum Gasteiger partial charge on any atom is -0.326 e. The molecule has 0 aromatic heterocycles. The zero-order valence-electron chi connectivity index (χ0n) is 10.7. The van der Waals surface area contributed by atoms with Crippen LogP contribution in [-0.4, -0.2) is 5.78 Å². The molecule has 0 saturated heterocycles. The van der Waals surface area contributed by atoms with Gasteiger partial charge in [0.1, 0.15) is 5.78 Å². The Morgan fingerprint density at radius 1 is 1.18 bits per heavy atom. The molecular weight excluding hydrogens is 210 g/mol. The van der Waals surface area contributed by atoms with Gasteiger partial charge in [0.05, 0.1) is 0 Å². The van der Waals surface area contributed by atoms with Crippen LogP contribution in [0.25, 0.3) is 0 Å². The van der Waals surface area contributed by atoms with E-state index in [9.17, 15) is 4.79 Å². The Kier molecular flexibility index (Phi) is 6.56. The minimum atomic E-state index is 0.343. The van der Waals surface area contributed by atoms with Gasteiger partial charge in [-0.3, -0.25) is 4.79 Å². The molecule has 0 bridgehead atoms. The van der Waals surface area contributed by atoms with E-state index in [1.165, 1.54) is 19.3 Å². The molecule has 0 aliphatic rings. The Morgan fingerprint density at radius 2 is 1.94 bits per heavy atom. The number of hydrogen-bond acceptors (Lipinski definition) is 2. The lowest BCUT2D eigenvalue weighted by Gasteiger charge is -2.03. The van der Waals surface area contributed by atoms with Crippen molar-refractivity contribution >= 4 is 5.78 Å². The summed E-state index contributed by atoms with van der Waals surface area (Å²) >= 11 is 0. The Balaban J connectivity index is 2.34. The van der Waals surface area contributed by atoms with Crippen molar-refractivity contribution < 1.29 is 4.79 Å². The fourth-order valence-electron chi connectivity index (χ4n) is 1.93. The number of hydrogen-bond donors (Lipinski definition) is 1. The number of ketones is 1. The lowest BCUT2D eigenvalue weighted by molar-refractivity contribution is -0.118. The van der Waals surface area contributed by atoms with Crippen molar-refractivity contribution in [2.45, 2.75) is 52.0 Å². The van der Waals surface area contributed by atoms with Gasteiger partial charge >= 0.3 is 0 Å². The molecule has 0 saturated carbocycles. The lowest BCUT2D eigenvalue weighted by Crippen LogP contribution is -2.04. The normalized spacial score (nSPS) is 10.5. The molecule has 1 aromatic rings. The van der Waals surface area contributed by atoms with Crippen LogP contribution in [0.1, 0.15) is 50.2 Å². The summed E-state index contributed by atoms with van der Waals surface area (Å²) in [7, 11) is 0. The van der Waals surface area contributed by atoms with Gasteiger partial charge in [-0.2, -0.15) is 0 Å². The second-order valence-electron chi connectivity index (χ2n) is 4.55. The van der Waals surface area contributed by atoms with Crippen LogP contribution >= 0.6 is 0 Å². The van der Waals surface area contributed by atoms with Crippen LogP contribution < -0.4 is 5.73 Å². The molecule has 0 unspecified atom stereocenters. The van der Waals surface area contributed by atoms with Crippen LogP contribution in [0.15, 0.2) is 24.3 Å². The van der Waals surface area contributed by atoms with E-state index >= 15 is 0 Å². The van der Waals surface area contributed by atoms with Gasteiger partial charge in [0, 0.05) is 19.4 Å². The van der Waals surface area contributed by atoms with E-state index in [0.717, 1.165) is 17.5 Å². The van der Waals surface area contributed by atoms with Crippen LogP contribution in [0.2, 0.25) is 0 Å². The first kappa shape index (κ1) is 13.9. The molecule has 2 nitrogen and oxygen atoms in total. The molecule has 0 aliphatic carbocycles. The molecule has 0 spiro atoms. The molecule has 1 rings (SSSR count). The van der Waals surface area contributed by atoms with Gasteiger partial charge in [-0.15, -0.1) is 0 Å². The number of nitrogens with two attached hydrogens (primary N) is 1. The number of carbonyl (C=O) groups is 1. The van der Waals surface area contributed by atoms with Crippen molar-refractivity contribution in [3.05, 3.63) is 35.4 Å². The van der Waals surface area contributed by atoms with E-state index in [1.807, 2.05) is 24.3 Å². The second-order valence-corrected chi connectivity index (χ2v) is 4.55. The summed E-state index contributed by atoms with van der Waals surface area (Å²) < 4.78 is 0. The third kappa shape index (κ3) is 5.64. The van der Waals surface area contributed by atoms with Crippen molar-refractivity contribution in [3.8, 4) is 0 Å². The van der Waals surface area contributed by atoms with E-state index in [4.69, 9.17) is 5.73 Å². The zero-order valence-corrected chi connectivity index (χ0v) is 10.7. The van der Waals surface area contributed by atoms with Gasteiger partial charge in [-0.05, 0) is 17.5 Å². The summed E-state index contributed by atoms with van der Waals surface area (Å²) in [6.45, 7) is 2.72. The quantitative estimate of drug-likeness (QED) is 0.700. The highest BCUT2D eigenvalue weighted by Gasteiger charge is 2.04. The van der Waals surface area contributed by atoms with Gasteiger partial charge in [-0.1, -0.05) is 50.5 Å². The fourth-order valence-corrected chi connectivity index (χ4v) is 1.93. The van der Waals surface area contributed by atoms with E-state index < -0.39 is 0 Å². The maximum Gasteiger partial charge on any atom is 0.137 e. The molecule has 2 N–H and O–H groups in total. The summed E-state index contributed by atoms with van der Waals surface area (Å²) in [5.74, 6) is 0.343. The Labute approximate surface area is 104 Å². The largest absolute Gasteiger partial charge is 0.326 e. The smallest absolute Gasteiger partial charge is 0.137 e. The van der Waals surface area contributed by atoms with Gasteiger partial charge in [-0.25, -0.2) is 0 Å². The summed E-state index contributed by atoms with van der Waals surface area (Å²) in [6.07, 6.45) is 5.92. The molecule has 0 amide bonds. The van der Waals surface area contributed by atoms with Crippen molar-refractivity contribution in [1.29, 1.82) is 0 Å². The highest BCUT2D eigenvalue weighted by molar-refractivity contribution is 5.80. The molecule has 17 heavy (non-hydrogen) atoms. The standard InChI is InChI=1S/C15H23NO/c1-2-3-4-5-9-15(17)11-13-7-6-8-14(10-13)12-16/h6-8,10H,2-5,9,11-12,16H2,1H3. The van der Waals surface area contributed by atoms with Crippen LogP contribution in [0.3, 0.4) is 0 Å². The van der Waals surface area contributed by atoms with Gasteiger partial charge in [0.2, 0.25) is 0 Å². The number of unbranched alkanes of at least 4 members (excludes halogenated alkanes) is 3. The number of benzene rings is 1. The van der Waals surface area contributed by atoms with Crippen molar-refractivity contribution in [2.24, 2.45) is 5.73 Å². The van der Waals surface area contributed by atoms with Crippen molar-refractivity contribution in [1.82, 2.24) is 0 Å². The molecule has 0 fully saturated rings. The van der Waals surface area contributed by atoms with Crippen LogP contribution in [0.5, 0.6) is 0 Å². The maximum absolute atomic E-state index is 11.7. The highest BCUT2D eigenvalue weighted by atomic mass is 16.1. The minimum absolute atomic E-state index is 0.343. The molecule has 0 atom stereocenters. The molecule has 1 aromatic carbocycles. The molecular formula is C15H23NO. The van der Waals surface area contributed by atoms with Crippen LogP contribution in [0, 0.1) is 0 Å². The average molecular weight is 233 g/mol. The summed E-state index contributed by atoms with van der Waals surface area (Å²) in [6, 6.07) is 8.00. The molecule has 94 valence electrons. The van der Waals surface area contributed by atoms with E-state index in [2.05, 4.69) is 6.92 Å². The SMILES string of the molecule is CCCCCCC(=O)Cc1cccc(CN)c1. The third-order valence-corrected chi connectivity index (χ3v) is 2.94. The van der Waals surface area contributed by atoms with Gasteiger partial charge < -0.3 is 5.73 Å². The van der Waals surface area contributed by atoms with Gasteiger partial charge in [0.15, 0.2) is 0 Å². The zero-order chi connectivity index (χ0) is 12.5. The van der Waals surface area contributed by atoms with Crippen molar-refractivity contribution in [2.75, 3.05) is 0 Å². The van der Waals surface area contributed by atoms with E-state index in [0.29, 0.717) is 25.2 Å². The average Bonchev–Trinajstić information content (AvgIpc) is 2.35. The lowest BCUT2D eigenvalue weighted by atomic mass is 10.0. The molecule has 0 aliphatic heterocycles. The summed E-state index contributed by atoms with van der Waals surface area (Å²) in [5, 5.41) is 0. The first-order valence-electron chi connectivity index (χ1n) is 6.56. The topological polar surface area (TPSA) is 43.1 Å². The predicted molar refractivity (Wildman–Crippen MR) is 71.8 cm³/mol. The van der Waals surface area contributed by atoms with E-state index in [1.54, 1.807) is 0 Å². The number of Topliss-reactive ketones (excluding diaryl/α,β-unsaturated/α-hetero) is 1. The van der Waals surface area contributed by atoms with E-state index in [-0.39, 0.29) is 0 Å². The predicted octanol–water partition coefficient (Wildman–Crippen LogP) is 3.23. The fraction of sp³-hybridized carbons (Fsp3) is 0.533. The highest BCUT2D eigenvalue weighted by Crippen LogP contribution is 2.09. The van der Waals surface area contributed by atoms with Crippen LogP contribution in [0.4, 0.5) is 0 Å². The third-order valence-electron chi connectivity index (χ3n) is 2.94. The Morgan fingerprint density at radius 3 is 2.65 bits per heavy atom. The van der Waals surface area contributed by atoms with Crippen molar-refractivity contribution in [3.63, 3.8) is 0 Å². The Hall–Kier alpha value is -1.15. The first-order chi connectivity index (χ1) is 8.26. The maximum atomic E-state index is 11.7. The number of rotatable bonds is 8. The number of carbonyl (C=O) groups excluding carboxylic acids is 1. The Bertz CT molecular complexity index is 347. The second kappa shape index (κ2) is 8.02. The summed E-state index contributed by atoms with van der Waals surface area (Å²) in [4.78, 5) is 11.7.